The van der Waals surface area contributed by atoms with Gasteiger partial charge in [-0.15, -0.1) is 0 Å². The standard InChI is InChI=1S/C24H29N3O3/c1-18(2)25-22(28)24(30)27-16-14-26(15-17-27)23(29)21-11-7-6-10-20(21)13-12-19-8-4-3-5-9-19/h3-11,18H,12-17H2,1-2H3,(H,25,28). The van der Waals surface area contributed by atoms with E-state index in [1.54, 1.807) is 4.90 Å². The van der Waals surface area contributed by atoms with Crippen molar-refractivity contribution in [3.05, 3.63) is 71.3 Å². The second-order valence-electron chi connectivity index (χ2n) is 7.86. The van der Waals surface area contributed by atoms with Crippen molar-refractivity contribution in [3.63, 3.8) is 0 Å². The van der Waals surface area contributed by atoms with Gasteiger partial charge in [-0.1, -0.05) is 48.5 Å². The molecule has 0 saturated carbocycles. The quantitative estimate of drug-likeness (QED) is 0.773. The van der Waals surface area contributed by atoms with Crippen molar-refractivity contribution >= 4 is 17.7 Å². The van der Waals surface area contributed by atoms with E-state index in [0.29, 0.717) is 31.7 Å². The molecule has 6 heteroatoms. The fraction of sp³-hybridized carbons (Fsp3) is 0.375. The Labute approximate surface area is 177 Å². The van der Waals surface area contributed by atoms with Crippen molar-refractivity contribution in [2.45, 2.75) is 32.7 Å². The molecule has 0 spiro atoms. The molecule has 0 atom stereocenters. The minimum Gasteiger partial charge on any atom is -0.346 e. The van der Waals surface area contributed by atoms with Crippen LogP contribution in [0.2, 0.25) is 0 Å². The predicted octanol–water partition coefficient (Wildman–Crippen LogP) is 2.28. The second kappa shape index (κ2) is 10.1. The number of piperazine rings is 1. The van der Waals surface area contributed by atoms with Crippen molar-refractivity contribution in [2.75, 3.05) is 26.2 Å². The van der Waals surface area contributed by atoms with E-state index in [4.69, 9.17) is 0 Å². The van der Waals surface area contributed by atoms with Gasteiger partial charge >= 0.3 is 11.8 Å². The number of carbonyl (C=O) groups is 3. The molecule has 30 heavy (non-hydrogen) atoms. The van der Waals surface area contributed by atoms with E-state index in [1.165, 1.54) is 10.5 Å². The average molecular weight is 408 g/mol. The summed E-state index contributed by atoms with van der Waals surface area (Å²) < 4.78 is 0. The summed E-state index contributed by atoms with van der Waals surface area (Å²) in [6.45, 7) is 5.21. The number of nitrogens with one attached hydrogen (secondary N) is 1. The number of hydrogen-bond donors (Lipinski definition) is 1. The first-order valence-corrected chi connectivity index (χ1v) is 10.5. The Balaban J connectivity index is 1.60. The monoisotopic (exact) mass is 407 g/mol. The van der Waals surface area contributed by atoms with Crippen LogP contribution in [0, 0.1) is 0 Å². The van der Waals surface area contributed by atoms with E-state index in [-0.39, 0.29) is 11.9 Å². The van der Waals surface area contributed by atoms with E-state index in [1.807, 2.05) is 56.3 Å². The highest BCUT2D eigenvalue weighted by molar-refractivity contribution is 6.35. The highest BCUT2D eigenvalue weighted by atomic mass is 16.2. The molecule has 158 valence electrons. The zero-order valence-corrected chi connectivity index (χ0v) is 17.6. The van der Waals surface area contributed by atoms with Gasteiger partial charge in [0.2, 0.25) is 0 Å². The zero-order valence-electron chi connectivity index (χ0n) is 17.6. The van der Waals surface area contributed by atoms with Gasteiger partial charge < -0.3 is 15.1 Å². The molecule has 1 heterocycles. The first kappa shape index (κ1) is 21.6. The number of nitrogens with zero attached hydrogens (tertiary/aromatic N) is 2. The molecular formula is C24H29N3O3. The largest absolute Gasteiger partial charge is 0.346 e. The Morgan fingerprint density at radius 3 is 2.10 bits per heavy atom. The van der Waals surface area contributed by atoms with Gasteiger partial charge in [0, 0.05) is 37.8 Å². The maximum absolute atomic E-state index is 13.1. The zero-order chi connectivity index (χ0) is 21.5. The molecule has 2 aromatic rings. The van der Waals surface area contributed by atoms with Crippen molar-refractivity contribution in [1.29, 1.82) is 0 Å². The van der Waals surface area contributed by atoms with Crippen LogP contribution < -0.4 is 5.32 Å². The third-order valence-corrected chi connectivity index (χ3v) is 5.24. The van der Waals surface area contributed by atoms with E-state index in [2.05, 4.69) is 17.4 Å². The summed E-state index contributed by atoms with van der Waals surface area (Å²) >= 11 is 0. The second-order valence-corrected chi connectivity index (χ2v) is 7.86. The van der Waals surface area contributed by atoms with Crippen LogP contribution in [-0.4, -0.2) is 59.7 Å². The van der Waals surface area contributed by atoms with Crippen LogP contribution in [0.4, 0.5) is 0 Å². The minimum atomic E-state index is -0.587. The van der Waals surface area contributed by atoms with Gasteiger partial charge in [-0.25, -0.2) is 0 Å². The van der Waals surface area contributed by atoms with Gasteiger partial charge in [0.1, 0.15) is 0 Å². The predicted molar refractivity (Wildman–Crippen MR) is 116 cm³/mol. The number of amides is 3. The maximum atomic E-state index is 13.1. The summed E-state index contributed by atoms with van der Waals surface area (Å²) in [5.74, 6) is -1.13. The lowest BCUT2D eigenvalue weighted by molar-refractivity contribution is -0.147. The number of hydrogen-bond acceptors (Lipinski definition) is 3. The van der Waals surface area contributed by atoms with Crippen LogP contribution >= 0.6 is 0 Å². The molecule has 0 bridgehead atoms. The van der Waals surface area contributed by atoms with Gasteiger partial charge in [0.15, 0.2) is 0 Å². The molecule has 1 saturated heterocycles. The summed E-state index contributed by atoms with van der Waals surface area (Å²) in [5, 5.41) is 2.62. The summed E-state index contributed by atoms with van der Waals surface area (Å²) in [6, 6.07) is 17.9. The Hall–Kier alpha value is -3.15. The summed E-state index contributed by atoms with van der Waals surface area (Å²) in [4.78, 5) is 40.6. The Morgan fingerprint density at radius 1 is 0.833 bits per heavy atom. The normalized spacial score (nSPS) is 14.0. The molecule has 2 aromatic carbocycles. The maximum Gasteiger partial charge on any atom is 0.312 e. The van der Waals surface area contributed by atoms with Crippen LogP contribution in [0.25, 0.3) is 0 Å². The van der Waals surface area contributed by atoms with Gasteiger partial charge in [-0.2, -0.15) is 0 Å². The average Bonchev–Trinajstić information content (AvgIpc) is 2.77. The lowest BCUT2D eigenvalue weighted by atomic mass is 9.99. The van der Waals surface area contributed by atoms with E-state index >= 15 is 0 Å². The van der Waals surface area contributed by atoms with Gasteiger partial charge in [-0.05, 0) is 43.9 Å². The van der Waals surface area contributed by atoms with Crippen LogP contribution in [0.3, 0.4) is 0 Å². The summed E-state index contributed by atoms with van der Waals surface area (Å²) in [6.07, 6.45) is 1.66. The SMILES string of the molecule is CC(C)NC(=O)C(=O)N1CCN(C(=O)c2ccccc2CCc2ccccc2)CC1. The molecule has 3 rings (SSSR count). The van der Waals surface area contributed by atoms with Crippen molar-refractivity contribution in [1.82, 2.24) is 15.1 Å². The first-order chi connectivity index (χ1) is 14.5. The fourth-order valence-electron chi connectivity index (χ4n) is 3.62. The minimum absolute atomic E-state index is 0.0163. The van der Waals surface area contributed by atoms with E-state index in [9.17, 15) is 14.4 Å². The lowest BCUT2D eigenvalue weighted by Gasteiger charge is -2.34. The molecule has 0 radical (unpaired) electrons. The fourth-order valence-corrected chi connectivity index (χ4v) is 3.62. The summed E-state index contributed by atoms with van der Waals surface area (Å²) in [5.41, 5.74) is 2.98. The Bertz CT molecular complexity index is 888. The van der Waals surface area contributed by atoms with E-state index in [0.717, 1.165) is 18.4 Å². The molecule has 0 aromatic heterocycles. The molecular weight excluding hydrogens is 378 g/mol. The Kier molecular flexibility index (Phi) is 7.22. The van der Waals surface area contributed by atoms with Crippen LogP contribution in [0.1, 0.15) is 35.3 Å². The molecule has 3 amide bonds. The number of rotatable bonds is 5. The first-order valence-electron chi connectivity index (χ1n) is 10.5. The third kappa shape index (κ3) is 5.47. The van der Waals surface area contributed by atoms with Gasteiger partial charge in [0.25, 0.3) is 5.91 Å². The van der Waals surface area contributed by atoms with Crippen LogP contribution in [-0.2, 0) is 22.4 Å². The smallest absolute Gasteiger partial charge is 0.312 e. The van der Waals surface area contributed by atoms with Crippen LogP contribution in [0.15, 0.2) is 54.6 Å². The molecule has 1 aliphatic heterocycles. The molecule has 0 unspecified atom stereocenters. The van der Waals surface area contributed by atoms with Crippen molar-refractivity contribution < 1.29 is 14.4 Å². The van der Waals surface area contributed by atoms with Crippen molar-refractivity contribution in [3.8, 4) is 0 Å². The van der Waals surface area contributed by atoms with Gasteiger partial charge in [-0.3, -0.25) is 14.4 Å². The number of carbonyl (C=O) groups excluding carboxylic acids is 3. The molecule has 0 aliphatic carbocycles. The highest BCUT2D eigenvalue weighted by Crippen LogP contribution is 2.16. The molecule has 1 N–H and O–H groups in total. The van der Waals surface area contributed by atoms with Crippen LogP contribution in [0.5, 0.6) is 0 Å². The third-order valence-electron chi connectivity index (χ3n) is 5.24. The summed E-state index contributed by atoms with van der Waals surface area (Å²) in [7, 11) is 0. The topological polar surface area (TPSA) is 69.7 Å². The van der Waals surface area contributed by atoms with Crippen molar-refractivity contribution in [2.24, 2.45) is 0 Å². The number of benzene rings is 2. The van der Waals surface area contributed by atoms with Gasteiger partial charge in [0.05, 0.1) is 0 Å². The molecule has 6 nitrogen and oxygen atoms in total. The molecule has 1 aliphatic rings. The lowest BCUT2D eigenvalue weighted by Crippen LogP contribution is -2.54. The highest BCUT2D eigenvalue weighted by Gasteiger charge is 2.29. The molecule has 1 fully saturated rings. The van der Waals surface area contributed by atoms with E-state index < -0.39 is 11.8 Å². The Morgan fingerprint density at radius 2 is 1.43 bits per heavy atom. The number of aryl methyl sites for hydroxylation is 2.